The van der Waals surface area contributed by atoms with Gasteiger partial charge in [0.2, 0.25) is 0 Å². The summed E-state index contributed by atoms with van der Waals surface area (Å²) in [5, 5.41) is 7.82. The first-order valence-electron chi connectivity index (χ1n) is 9.98. The van der Waals surface area contributed by atoms with Crippen molar-refractivity contribution in [2.45, 2.75) is 45.4 Å². The second-order valence-corrected chi connectivity index (χ2v) is 8.30. The van der Waals surface area contributed by atoms with Crippen LogP contribution < -0.4 is 5.32 Å². The van der Waals surface area contributed by atoms with Gasteiger partial charge in [0, 0.05) is 44.2 Å². The number of rotatable bonds is 5. The van der Waals surface area contributed by atoms with Crippen LogP contribution in [0.1, 0.15) is 49.8 Å². The van der Waals surface area contributed by atoms with Crippen LogP contribution in [0, 0.1) is 6.92 Å². The van der Waals surface area contributed by atoms with Gasteiger partial charge in [-0.25, -0.2) is 0 Å². The van der Waals surface area contributed by atoms with Crippen LogP contribution in [-0.2, 0) is 12.5 Å². The number of likely N-dealkylation sites (tertiary alicyclic amines) is 1. The topological polar surface area (TPSA) is 45.5 Å². The van der Waals surface area contributed by atoms with Gasteiger partial charge in [-0.15, -0.1) is 24.0 Å². The molecule has 0 bridgehead atoms. The first-order chi connectivity index (χ1) is 12.9. The van der Waals surface area contributed by atoms with E-state index in [2.05, 4.69) is 73.5 Å². The van der Waals surface area contributed by atoms with Gasteiger partial charge < -0.3 is 10.2 Å². The summed E-state index contributed by atoms with van der Waals surface area (Å²) in [6.45, 7) is 12.5. The summed E-state index contributed by atoms with van der Waals surface area (Å²) in [6.07, 6.45) is 5.29. The molecule has 0 spiro atoms. The molecule has 0 aliphatic carbocycles. The standard InChI is InChI=1S/C22H33N5.HI/c1-6-23-21(24-16-22(3,4)20-9-7-17(2)8-10-20)27-12-11-18(15-27)19-13-25-26(5)14-19;/h7-10,13-14,18H,6,11-12,15-16H2,1-5H3,(H,23,24);1H. The largest absolute Gasteiger partial charge is 0.357 e. The van der Waals surface area contributed by atoms with Crippen LogP contribution in [-0.4, -0.2) is 46.8 Å². The van der Waals surface area contributed by atoms with Gasteiger partial charge in [-0.2, -0.15) is 5.10 Å². The van der Waals surface area contributed by atoms with E-state index < -0.39 is 0 Å². The Morgan fingerprint density at radius 3 is 2.61 bits per heavy atom. The molecule has 1 aliphatic heterocycles. The van der Waals surface area contributed by atoms with Crippen LogP contribution in [0.4, 0.5) is 0 Å². The van der Waals surface area contributed by atoms with Crippen molar-refractivity contribution in [3.63, 3.8) is 0 Å². The molecule has 6 heteroatoms. The van der Waals surface area contributed by atoms with Gasteiger partial charge in [-0.3, -0.25) is 9.67 Å². The van der Waals surface area contributed by atoms with Crippen LogP contribution in [0.15, 0.2) is 41.7 Å². The predicted octanol–water partition coefficient (Wildman–Crippen LogP) is 4.08. The average Bonchev–Trinajstić information content (AvgIpc) is 3.28. The number of aliphatic imine (C=N–C) groups is 1. The molecule has 5 nitrogen and oxygen atoms in total. The molecule has 3 rings (SSSR count). The highest BCUT2D eigenvalue weighted by Crippen LogP contribution is 2.28. The number of guanidine groups is 1. The number of nitrogens with zero attached hydrogens (tertiary/aromatic N) is 4. The Balaban J connectivity index is 0.00000280. The van der Waals surface area contributed by atoms with Crippen molar-refractivity contribution >= 4 is 29.9 Å². The zero-order valence-corrected chi connectivity index (χ0v) is 20.1. The summed E-state index contributed by atoms with van der Waals surface area (Å²) in [6, 6.07) is 8.83. The van der Waals surface area contributed by atoms with Crippen molar-refractivity contribution in [2.24, 2.45) is 12.0 Å². The van der Waals surface area contributed by atoms with Crippen molar-refractivity contribution < 1.29 is 0 Å². The molecule has 0 radical (unpaired) electrons. The lowest BCUT2D eigenvalue weighted by Crippen LogP contribution is -2.41. The Bertz CT molecular complexity index is 778. The van der Waals surface area contributed by atoms with Gasteiger partial charge in [0.05, 0.1) is 12.7 Å². The van der Waals surface area contributed by atoms with E-state index in [1.54, 1.807) is 0 Å². The Morgan fingerprint density at radius 1 is 1.29 bits per heavy atom. The first kappa shape index (κ1) is 22.7. The van der Waals surface area contributed by atoms with E-state index in [-0.39, 0.29) is 29.4 Å². The summed E-state index contributed by atoms with van der Waals surface area (Å²) in [4.78, 5) is 7.41. The van der Waals surface area contributed by atoms with Gasteiger partial charge in [0.1, 0.15) is 0 Å². The minimum Gasteiger partial charge on any atom is -0.357 e. The summed E-state index contributed by atoms with van der Waals surface area (Å²) in [5.74, 6) is 1.57. The third kappa shape index (κ3) is 5.49. The number of benzene rings is 1. The molecular formula is C22H34IN5. The van der Waals surface area contributed by atoms with E-state index in [1.165, 1.54) is 16.7 Å². The Kier molecular flexibility index (Phi) is 7.92. The van der Waals surface area contributed by atoms with E-state index in [0.29, 0.717) is 5.92 Å². The molecule has 0 saturated carbocycles. The highest BCUT2D eigenvalue weighted by Gasteiger charge is 2.28. The van der Waals surface area contributed by atoms with Gasteiger partial charge >= 0.3 is 0 Å². The fourth-order valence-corrected chi connectivity index (χ4v) is 3.67. The zero-order valence-electron chi connectivity index (χ0n) is 17.8. The van der Waals surface area contributed by atoms with E-state index in [9.17, 15) is 0 Å². The lowest BCUT2D eigenvalue weighted by molar-refractivity contribution is 0.474. The molecule has 1 aromatic carbocycles. The number of nitrogens with one attached hydrogen (secondary N) is 1. The average molecular weight is 495 g/mol. The van der Waals surface area contributed by atoms with E-state index in [0.717, 1.165) is 38.6 Å². The Morgan fingerprint density at radius 2 is 2.00 bits per heavy atom. The number of aromatic nitrogens is 2. The Labute approximate surface area is 186 Å². The summed E-state index contributed by atoms with van der Waals surface area (Å²) < 4.78 is 1.89. The molecule has 1 aromatic heterocycles. The number of aryl methyl sites for hydroxylation is 2. The maximum Gasteiger partial charge on any atom is 0.193 e. The summed E-state index contributed by atoms with van der Waals surface area (Å²) in [7, 11) is 1.98. The highest BCUT2D eigenvalue weighted by atomic mass is 127. The van der Waals surface area contributed by atoms with Gasteiger partial charge in [0.15, 0.2) is 5.96 Å². The van der Waals surface area contributed by atoms with Gasteiger partial charge in [-0.1, -0.05) is 43.7 Å². The third-order valence-corrected chi connectivity index (χ3v) is 5.48. The second-order valence-electron chi connectivity index (χ2n) is 8.30. The maximum atomic E-state index is 5.01. The molecule has 1 aliphatic rings. The van der Waals surface area contributed by atoms with Crippen molar-refractivity contribution in [3.05, 3.63) is 53.3 Å². The normalized spacial score (nSPS) is 17.5. The lowest BCUT2D eigenvalue weighted by atomic mass is 9.84. The van der Waals surface area contributed by atoms with Crippen LogP contribution in [0.25, 0.3) is 0 Å². The molecule has 28 heavy (non-hydrogen) atoms. The molecular weight excluding hydrogens is 461 g/mol. The fraction of sp³-hybridized carbons (Fsp3) is 0.545. The number of hydrogen-bond acceptors (Lipinski definition) is 2. The van der Waals surface area contributed by atoms with Gasteiger partial charge in [-0.05, 0) is 31.4 Å². The van der Waals surface area contributed by atoms with Crippen molar-refractivity contribution in [2.75, 3.05) is 26.2 Å². The number of halogens is 1. The minimum atomic E-state index is 0. The van der Waals surface area contributed by atoms with E-state index in [1.807, 2.05) is 17.9 Å². The zero-order chi connectivity index (χ0) is 19.4. The monoisotopic (exact) mass is 495 g/mol. The second kappa shape index (κ2) is 9.76. The van der Waals surface area contributed by atoms with Crippen LogP contribution in [0.2, 0.25) is 0 Å². The molecule has 2 heterocycles. The maximum absolute atomic E-state index is 5.01. The molecule has 0 amide bonds. The van der Waals surface area contributed by atoms with Crippen molar-refractivity contribution in [3.8, 4) is 0 Å². The predicted molar refractivity (Wildman–Crippen MR) is 128 cm³/mol. The first-order valence-corrected chi connectivity index (χ1v) is 9.98. The molecule has 2 aromatic rings. The van der Waals surface area contributed by atoms with E-state index in [4.69, 9.17) is 4.99 Å². The van der Waals surface area contributed by atoms with E-state index >= 15 is 0 Å². The quantitative estimate of drug-likeness (QED) is 0.387. The smallest absolute Gasteiger partial charge is 0.193 e. The number of hydrogen-bond donors (Lipinski definition) is 1. The molecule has 1 N–H and O–H groups in total. The molecule has 1 fully saturated rings. The summed E-state index contributed by atoms with van der Waals surface area (Å²) >= 11 is 0. The molecule has 1 atom stereocenters. The highest BCUT2D eigenvalue weighted by molar-refractivity contribution is 14.0. The minimum absolute atomic E-state index is 0. The van der Waals surface area contributed by atoms with Crippen LogP contribution >= 0.6 is 24.0 Å². The van der Waals surface area contributed by atoms with Crippen molar-refractivity contribution in [1.29, 1.82) is 0 Å². The van der Waals surface area contributed by atoms with Crippen molar-refractivity contribution in [1.82, 2.24) is 20.0 Å². The lowest BCUT2D eigenvalue weighted by Gasteiger charge is -2.26. The third-order valence-electron chi connectivity index (χ3n) is 5.48. The molecule has 154 valence electrons. The van der Waals surface area contributed by atoms with Crippen LogP contribution in [0.5, 0.6) is 0 Å². The summed E-state index contributed by atoms with van der Waals surface area (Å²) in [5.41, 5.74) is 3.97. The Hall–Kier alpha value is -1.57. The van der Waals surface area contributed by atoms with Gasteiger partial charge in [0.25, 0.3) is 0 Å². The fourth-order valence-electron chi connectivity index (χ4n) is 3.67. The van der Waals surface area contributed by atoms with Crippen LogP contribution in [0.3, 0.4) is 0 Å². The molecule has 1 saturated heterocycles. The molecule has 1 unspecified atom stereocenters. The SMILES string of the molecule is CCNC(=NCC(C)(C)c1ccc(C)cc1)N1CCC(c2cnn(C)c2)C1.I.